The van der Waals surface area contributed by atoms with Crippen LogP contribution in [0.1, 0.15) is 75.2 Å². The van der Waals surface area contributed by atoms with E-state index in [4.69, 9.17) is 0 Å². The highest BCUT2D eigenvalue weighted by molar-refractivity contribution is 5.94. The van der Waals surface area contributed by atoms with E-state index < -0.39 is 0 Å². The molecule has 0 saturated carbocycles. The first kappa shape index (κ1) is 22.3. The molecule has 3 aliphatic rings. The molecule has 1 aromatic carbocycles. The van der Waals surface area contributed by atoms with E-state index in [1.54, 1.807) is 0 Å². The molecular weight excluding hydrogens is 386 g/mol. The third-order valence-electron chi connectivity index (χ3n) is 7.56. The summed E-state index contributed by atoms with van der Waals surface area (Å²) in [5, 5.41) is 0. The van der Waals surface area contributed by atoms with Gasteiger partial charge in [-0.25, -0.2) is 0 Å². The van der Waals surface area contributed by atoms with Crippen molar-refractivity contribution < 1.29 is 9.59 Å². The second kappa shape index (κ2) is 9.32. The first-order valence-corrected chi connectivity index (χ1v) is 12.3. The van der Waals surface area contributed by atoms with Gasteiger partial charge in [0.15, 0.2) is 0 Å². The lowest BCUT2D eigenvalue weighted by atomic mass is 9.86. The molecular formula is C26H39N3O2. The Labute approximate surface area is 187 Å². The molecule has 3 saturated heterocycles. The number of carbonyl (C=O) groups excluding carboxylic acids is 2. The fraction of sp³-hybridized carbons (Fsp3) is 0.692. The van der Waals surface area contributed by atoms with Gasteiger partial charge in [-0.1, -0.05) is 32.9 Å². The van der Waals surface area contributed by atoms with E-state index in [0.717, 1.165) is 70.5 Å². The molecule has 1 aromatic rings. The molecule has 0 N–H and O–H groups in total. The van der Waals surface area contributed by atoms with Gasteiger partial charge in [-0.3, -0.25) is 9.59 Å². The molecule has 170 valence electrons. The molecule has 0 aliphatic carbocycles. The highest BCUT2D eigenvalue weighted by Gasteiger charge is 2.33. The van der Waals surface area contributed by atoms with Gasteiger partial charge in [-0.15, -0.1) is 0 Å². The first-order valence-electron chi connectivity index (χ1n) is 12.3. The Kier molecular flexibility index (Phi) is 6.71. The molecule has 5 heteroatoms. The Morgan fingerprint density at radius 3 is 1.90 bits per heavy atom. The Hall–Kier alpha value is -1.88. The van der Waals surface area contributed by atoms with Crippen LogP contribution >= 0.6 is 0 Å². The van der Waals surface area contributed by atoms with Crippen molar-refractivity contribution in [2.24, 2.45) is 5.92 Å². The maximum absolute atomic E-state index is 13.0. The summed E-state index contributed by atoms with van der Waals surface area (Å²) in [4.78, 5) is 32.3. The highest BCUT2D eigenvalue weighted by atomic mass is 16.2. The van der Waals surface area contributed by atoms with E-state index in [-0.39, 0.29) is 17.2 Å². The van der Waals surface area contributed by atoms with Crippen LogP contribution in [0.4, 0.5) is 0 Å². The number of piperidine rings is 2. The van der Waals surface area contributed by atoms with Crippen LogP contribution in [0.15, 0.2) is 24.3 Å². The minimum Gasteiger partial charge on any atom is -0.342 e. The topological polar surface area (TPSA) is 43.9 Å². The van der Waals surface area contributed by atoms with Gasteiger partial charge < -0.3 is 14.7 Å². The fourth-order valence-corrected chi connectivity index (χ4v) is 5.44. The SMILES string of the molecule is CC(C)(C)c1ccc(C(=O)N2CCC(N3CCC(C(=O)N4CCCC4)CC3)CC2)cc1. The second-order valence-corrected chi connectivity index (χ2v) is 10.7. The van der Waals surface area contributed by atoms with Crippen molar-refractivity contribution in [2.75, 3.05) is 39.3 Å². The number of hydrogen-bond acceptors (Lipinski definition) is 3. The first-order chi connectivity index (χ1) is 14.8. The Bertz CT molecular complexity index is 761. The van der Waals surface area contributed by atoms with Gasteiger partial charge in [0.25, 0.3) is 5.91 Å². The van der Waals surface area contributed by atoms with E-state index in [1.165, 1.54) is 18.4 Å². The Morgan fingerprint density at radius 2 is 1.35 bits per heavy atom. The Balaban J connectivity index is 1.24. The molecule has 2 amide bonds. The van der Waals surface area contributed by atoms with Crippen molar-refractivity contribution in [1.82, 2.24) is 14.7 Å². The largest absolute Gasteiger partial charge is 0.342 e. The van der Waals surface area contributed by atoms with Crippen LogP contribution in [0.5, 0.6) is 0 Å². The smallest absolute Gasteiger partial charge is 0.253 e. The number of rotatable bonds is 3. The molecule has 0 spiro atoms. The van der Waals surface area contributed by atoms with Crippen LogP contribution in [-0.2, 0) is 10.2 Å². The van der Waals surface area contributed by atoms with E-state index >= 15 is 0 Å². The number of hydrogen-bond donors (Lipinski definition) is 0. The zero-order valence-electron chi connectivity index (χ0n) is 19.6. The van der Waals surface area contributed by atoms with E-state index in [2.05, 4.69) is 42.7 Å². The summed E-state index contributed by atoms with van der Waals surface area (Å²) in [6.07, 6.45) is 6.40. The lowest BCUT2D eigenvalue weighted by molar-refractivity contribution is -0.136. The molecule has 3 aliphatic heterocycles. The summed E-state index contributed by atoms with van der Waals surface area (Å²) in [7, 11) is 0. The molecule has 3 heterocycles. The van der Waals surface area contributed by atoms with Crippen LogP contribution in [0.25, 0.3) is 0 Å². The number of benzene rings is 1. The normalized spacial score (nSPS) is 22.2. The van der Waals surface area contributed by atoms with E-state index in [9.17, 15) is 9.59 Å². The van der Waals surface area contributed by atoms with Crippen LogP contribution in [0, 0.1) is 5.92 Å². The summed E-state index contributed by atoms with van der Waals surface area (Å²) < 4.78 is 0. The third kappa shape index (κ3) is 5.14. The lowest BCUT2D eigenvalue weighted by Gasteiger charge is -2.42. The van der Waals surface area contributed by atoms with Gasteiger partial charge in [0.05, 0.1) is 0 Å². The van der Waals surface area contributed by atoms with Gasteiger partial charge >= 0.3 is 0 Å². The van der Waals surface area contributed by atoms with Crippen molar-refractivity contribution in [2.45, 2.75) is 70.8 Å². The maximum atomic E-state index is 13.0. The third-order valence-corrected chi connectivity index (χ3v) is 7.56. The van der Waals surface area contributed by atoms with Crippen LogP contribution in [0.3, 0.4) is 0 Å². The van der Waals surface area contributed by atoms with Gasteiger partial charge in [0.1, 0.15) is 0 Å². The van der Waals surface area contributed by atoms with Gasteiger partial charge in [-0.2, -0.15) is 0 Å². The number of likely N-dealkylation sites (tertiary alicyclic amines) is 3. The second-order valence-electron chi connectivity index (χ2n) is 10.7. The molecule has 5 nitrogen and oxygen atoms in total. The zero-order chi connectivity index (χ0) is 22.0. The van der Waals surface area contributed by atoms with Crippen LogP contribution in [-0.4, -0.2) is 71.8 Å². The fourth-order valence-electron chi connectivity index (χ4n) is 5.44. The molecule has 0 aromatic heterocycles. The zero-order valence-corrected chi connectivity index (χ0v) is 19.6. The molecule has 4 rings (SSSR count). The molecule has 31 heavy (non-hydrogen) atoms. The monoisotopic (exact) mass is 425 g/mol. The quantitative estimate of drug-likeness (QED) is 0.737. The predicted molar refractivity (Wildman–Crippen MR) is 124 cm³/mol. The van der Waals surface area contributed by atoms with Crippen molar-refractivity contribution in [3.8, 4) is 0 Å². The number of carbonyl (C=O) groups is 2. The van der Waals surface area contributed by atoms with E-state index in [0.29, 0.717) is 11.9 Å². The molecule has 0 unspecified atom stereocenters. The average Bonchev–Trinajstić information content (AvgIpc) is 3.33. The van der Waals surface area contributed by atoms with Crippen molar-refractivity contribution in [1.29, 1.82) is 0 Å². The molecule has 0 atom stereocenters. The van der Waals surface area contributed by atoms with Gasteiger partial charge in [0, 0.05) is 43.7 Å². The van der Waals surface area contributed by atoms with Crippen LogP contribution in [0.2, 0.25) is 0 Å². The van der Waals surface area contributed by atoms with Gasteiger partial charge in [-0.05, 0) is 74.7 Å². The average molecular weight is 426 g/mol. The van der Waals surface area contributed by atoms with Crippen molar-refractivity contribution in [3.05, 3.63) is 35.4 Å². The summed E-state index contributed by atoms with van der Waals surface area (Å²) >= 11 is 0. The minimum atomic E-state index is 0.104. The summed E-state index contributed by atoms with van der Waals surface area (Å²) in [6.45, 7) is 12.2. The predicted octanol–water partition coefficient (Wildman–Crippen LogP) is 3.92. The van der Waals surface area contributed by atoms with E-state index in [1.807, 2.05) is 17.0 Å². The standard InChI is InChI=1S/C26H39N3O2/c1-26(2,3)22-8-6-20(7-9-22)24(30)29-18-12-23(13-19-29)27-16-10-21(11-17-27)25(31)28-14-4-5-15-28/h6-9,21,23H,4-5,10-19H2,1-3H3. The minimum absolute atomic E-state index is 0.104. The molecule has 0 bridgehead atoms. The van der Waals surface area contributed by atoms with Crippen molar-refractivity contribution in [3.63, 3.8) is 0 Å². The summed E-state index contributed by atoms with van der Waals surface area (Å²) in [5.41, 5.74) is 2.16. The van der Waals surface area contributed by atoms with Gasteiger partial charge in [0.2, 0.25) is 5.91 Å². The molecule has 0 radical (unpaired) electrons. The number of nitrogens with zero attached hydrogens (tertiary/aromatic N) is 3. The molecule has 3 fully saturated rings. The maximum Gasteiger partial charge on any atom is 0.253 e. The van der Waals surface area contributed by atoms with Crippen LogP contribution < -0.4 is 0 Å². The summed E-state index contributed by atoms with van der Waals surface area (Å²) in [6, 6.07) is 8.70. The number of amides is 2. The summed E-state index contributed by atoms with van der Waals surface area (Å²) in [5.74, 6) is 0.788. The highest BCUT2D eigenvalue weighted by Crippen LogP contribution is 2.27. The Morgan fingerprint density at radius 1 is 0.774 bits per heavy atom. The lowest BCUT2D eigenvalue weighted by Crippen LogP contribution is -2.50. The van der Waals surface area contributed by atoms with Crippen molar-refractivity contribution >= 4 is 11.8 Å².